The van der Waals surface area contributed by atoms with Crippen LogP contribution in [0.1, 0.15) is 39.5 Å². The van der Waals surface area contributed by atoms with Crippen LogP contribution in [0.15, 0.2) is 35.5 Å². The molecule has 2 saturated carbocycles. The number of aliphatic hydroxyl groups excluding tert-OH is 1. The molecule has 4 aliphatic rings. The van der Waals surface area contributed by atoms with Crippen LogP contribution in [-0.2, 0) is 0 Å². The first-order valence-corrected chi connectivity index (χ1v) is 9.57. The summed E-state index contributed by atoms with van der Waals surface area (Å²) < 4.78 is 0. The fourth-order valence-electron chi connectivity index (χ4n) is 6.40. The summed E-state index contributed by atoms with van der Waals surface area (Å²) in [6.07, 6.45) is 13.3. The first kappa shape index (κ1) is 16.6. The quantitative estimate of drug-likeness (QED) is 0.683. The van der Waals surface area contributed by atoms with Crippen molar-refractivity contribution < 1.29 is 5.11 Å². The van der Waals surface area contributed by atoms with E-state index in [2.05, 4.69) is 56.8 Å². The Balaban J connectivity index is 1.80. The fourth-order valence-corrected chi connectivity index (χ4v) is 6.40. The third-order valence-corrected chi connectivity index (χ3v) is 7.82. The van der Waals surface area contributed by atoms with Crippen LogP contribution in [0.5, 0.6) is 0 Å². The Morgan fingerprint density at radius 1 is 1.17 bits per heavy atom. The molecule has 3 heteroatoms. The third-order valence-electron chi connectivity index (χ3n) is 7.82. The average Bonchev–Trinajstić information content (AvgIpc) is 2.91. The molecule has 0 aliphatic heterocycles. The minimum atomic E-state index is -0.420. The normalized spacial score (nSPS) is 49.8. The van der Waals surface area contributed by atoms with Crippen molar-refractivity contribution in [1.82, 2.24) is 10.6 Å². The summed E-state index contributed by atoms with van der Waals surface area (Å²) in [4.78, 5) is 0. The summed E-state index contributed by atoms with van der Waals surface area (Å²) in [6.45, 7) is 4.86. The van der Waals surface area contributed by atoms with Gasteiger partial charge in [-0.2, -0.15) is 0 Å². The molecule has 0 spiro atoms. The number of allylic oxidation sites excluding steroid dienone is 2. The van der Waals surface area contributed by atoms with E-state index in [0.29, 0.717) is 23.4 Å². The fraction of sp³-hybridized carbons (Fsp3) is 0.714. The molecule has 0 heterocycles. The summed E-state index contributed by atoms with van der Waals surface area (Å²) in [5.74, 6) is 1.35. The number of fused-ring (bicyclic) bond motifs is 5. The van der Waals surface area contributed by atoms with Gasteiger partial charge in [0.1, 0.15) is 0 Å². The van der Waals surface area contributed by atoms with Crippen molar-refractivity contribution >= 4 is 0 Å². The van der Waals surface area contributed by atoms with Gasteiger partial charge in [-0.15, -0.1) is 0 Å². The highest BCUT2D eigenvalue weighted by Crippen LogP contribution is 2.62. The highest BCUT2D eigenvalue weighted by Gasteiger charge is 2.57. The van der Waals surface area contributed by atoms with Crippen LogP contribution in [0.25, 0.3) is 0 Å². The Morgan fingerprint density at radius 2 is 1.96 bits per heavy atom. The molecule has 4 rings (SSSR count). The largest absolute Gasteiger partial charge is 0.385 e. The molecule has 2 fully saturated rings. The van der Waals surface area contributed by atoms with Crippen LogP contribution in [-0.4, -0.2) is 37.4 Å². The Hall–Kier alpha value is -0.900. The van der Waals surface area contributed by atoms with Crippen molar-refractivity contribution in [3.63, 3.8) is 0 Å². The van der Waals surface area contributed by atoms with Crippen LogP contribution in [0, 0.1) is 22.7 Å². The van der Waals surface area contributed by atoms with E-state index in [1.165, 1.54) is 24.8 Å². The average molecular weight is 329 g/mol. The number of nitrogens with one attached hydrogen (secondary N) is 2. The maximum absolute atomic E-state index is 10.1. The second-order valence-corrected chi connectivity index (χ2v) is 8.76. The van der Waals surface area contributed by atoms with E-state index < -0.39 is 6.10 Å². The second-order valence-electron chi connectivity index (χ2n) is 8.76. The monoisotopic (exact) mass is 328 g/mol. The van der Waals surface area contributed by atoms with Gasteiger partial charge >= 0.3 is 0 Å². The van der Waals surface area contributed by atoms with Crippen molar-refractivity contribution in [3.8, 4) is 0 Å². The lowest BCUT2D eigenvalue weighted by atomic mass is 9.51. The van der Waals surface area contributed by atoms with Crippen LogP contribution < -0.4 is 10.6 Å². The molecule has 0 aromatic heterocycles. The minimum Gasteiger partial charge on any atom is -0.385 e. The van der Waals surface area contributed by atoms with Gasteiger partial charge in [0.15, 0.2) is 0 Å². The van der Waals surface area contributed by atoms with Gasteiger partial charge in [-0.3, -0.25) is 0 Å². The first-order chi connectivity index (χ1) is 11.4. The van der Waals surface area contributed by atoms with Gasteiger partial charge in [-0.05, 0) is 64.0 Å². The van der Waals surface area contributed by atoms with Crippen molar-refractivity contribution in [2.75, 3.05) is 14.1 Å². The van der Waals surface area contributed by atoms with E-state index in [4.69, 9.17) is 0 Å². The lowest BCUT2D eigenvalue weighted by molar-refractivity contribution is 0.0905. The number of aliphatic hydroxyl groups is 1. The van der Waals surface area contributed by atoms with Gasteiger partial charge in [0.05, 0.1) is 6.10 Å². The topological polar surface area (TPSA) is 44.3 Å². The number of hydrogen-bond acceptors (Lipinski definition) is 3. The van der Waals surface area contributed by atoms with E-state index in [9.17, 15) is 5.11 Å². The highest BCUT2D eigenvalue weighted by molar-refractivity contribution is 5.46. The molecular formula is C21H32N2O. The lowest BCUT2D eigenvalue weighted by Gasteiger charge is -2.55. The second kappa shape index (κ2) is 5.55. The summed E-state index contributed by atoms with van der Waals surface area (Å²) in [7, 11) is 4.23. The molecule has 0 unspecified atom stereocenters. The predicted octanol–water partition coefficient (Wildman–Crippen LogP) is 2.79. The van der Waals surface area contributed by atoms with Crippen molar-refractivity contribution in [3.05, 3.63) is 35.5 Å². The molecule has 3 N–H and O–H groups in total. The molecule has 0 bridgehead atoms. The van der Waals surface area contributed by atoms with Crippen LogP contribution in [0.2, 0.25) is 0 Å². The van der Waals surface area contributed by atoms with Crippen LogP contribution >= 0.6 is 0 Å². The first-order valence-electron chi connectivity index (χ1n) is 9.57. The van der Waals surface area contributed by atoms with Crippen molar-refractivity contribution in [1.29, 1.82) is 0 Å². The van der Waals surface area contributed by atoms with Gasteiger partial charge in [-0.25, -0.2) is 0 Å². The minimum absolute atomic E-state index is 0.0102. The summed E-state index contributed by atoms with van der Waals surface area (Å²) >= 11 is 0. The smallest absolute Gasteiger partial charge is 0.0906 e. The van der Waals surface area contributed by atoms with E-state index in [0.717, 1.165) is 12.3 Å². The molecule has 24 heavy (non-hydrogen) atoms. The van der Waals surface area contributed by atoms with Crippen LogP contribution in [0.4, 0.5) is 0 Å². The summed E-state index contributed by atoms with van der Waals surface area (Å²) in [6, 6.07) is 1.11. The maximum atomic E-state index is 10.1. The van der Waals surface area contributed by atoms with E-state index in [1.807, 2.05) is 6.08 Å². The molecule has 0 aromatic rings. The standard InChI is InChI=1S/C21H32N2O/c1-20-9-7-14(24)11-13(20)12-17(22-3)19-15-5-6-18(23-4)21(15,2)10-8-16(19)20/h7-9,11,14-15,17-19,22-24H,5-6,10,12H2,1-4H3/t14-,15-,17-,18-,19-,20-,21-/m0/s1. The highest BCUT2D eigenvalue weighted by atomic mass is 16.3. The van der Waals surface area contributed by atoms with Crippen molar-refractivity contribution in [2.24, 2.45) is 22.7 Å². The molecule has 4 aliphatic carbocycles. The zero-order valence-corrected chi connectivity index (χ0v) is 15.5. The summed E-state index contributed by atoms with van der Waals surface area (Å²) in [5, 5.41) is 17.3. The SMILES string of the molecule is CN[C@H]1CC2=C[C@@H](O)C=C[C@]2(C)C2=CC[C@]3(C)[C@@H](NC)CC[C@H]3[C@@H]21. The Bertz CT molecular complexity index is 621. The molecular weight excluding hydrogens is 296 g/mol. The van der Waals surface area contributed by atoms with Gasteiger partial charge in [0, 0.05) is 17.5 Å². The Kier molecular flexibility index (Phi) is 3.83. The molecule has 3 nitrogen and oxygen atoms in total. The van der Waals surface area contributed by atoms with Gasteiger partial charge in [0.2, 0.25) is 0 Å². The van der Waals surface area contributed by atoms with Crippen molar-refractivity contribution in [2.45, 2.75) is 57.7 Å². The molecule has 0 amide bonds. The predicted molar refractivity (Wildman–Crippen MR) is 98.7 cm³/mol. The zero-order valence-electron chi connectivity index (χ0n) is 15.5. The van der Waals surface area contributed by atoms with E-state index in [1.54, 1.807) is 5.57 Å². The van der Waals surface area contributed by atoms with E-state index in [-0.39, 0.29) is 5.41 Å². The van der Waals surface area contributed by atoms with E-state index >= 15 is 0 Å². The number of hydrogen-bond donors (Lipinski definition) is 3. The third kappa shape index (κ3) is 2.07. The Labute approximate surface area is 146 Å². The molecule has 7 atom stereocenters. The lowest BCUT2D eigenvalue weighted by Crippen LogP contribution is -2.54. The number of rotatable bonds is 2. The molecule has 0 radical (unpaired) electrons. The molecule has 132 valence electrons. The zero-order chi connectivity index (χ0) is 17.1. The molecule has 0 saturated heterocycles. The van der Waals surface area contributed by atoms with Crippen LogP contribution in [0.3, 0.4) is 0 Å². The van der Waals surface area contributed by atoms with Gasteiger partial charge in [0.25, 0.3) is 0 Å². The Morgan fingerprint density at radius 3 is 2.67 bits per heavy atom. The molecule has 0 aromatic carbocycles. The van der Waals surface area contributed by atoms with Gasteiger partial charge < -0.3 is 15.7 Å². The maximum Gasteiger partial charge on any atom is 0.0906 e. The summed E-state index contributed by atoms with van der Waals surface area (Å²) in [5.41, 5.74) is 3.37. The van der Waals surface area contributed by atoms with Gasteiger partial charge in [-0.1, -0.05) is 42.4 Å².